The van der Waals surface area contributed by atoms with Crippen molar-refractivity contribution in [1.29, 1.82) is 0 Å². The van der Waals surface area contributed by atoms with Gasteiger partial charge in [0.2, 0.25) is 0 Å². The molecule has 1 aliphatic rings. The number of fused-ring (bicyclic) bond motifs is 1. The molecule has 0 spiro atoms. The third kappa shape index (κ3) is 1.85. The van der Waals surface area contributed by atoms with Crippen LogP contribution >= 0.6 is 0 Å². The van der Waals surface area contributed by atoms with Crippen LogP contribution in [0.15, 0.2) is 24.3 Å². The van der Waals surface area contributed by atoms with Gasteiger partial charge in [0, 0.05) is 16.7 Å². The van der Waals surface area contributed by atoms with Gasteiger partial charge in [-0.15, -0.1) is 0 Å². The van der Waals surface area contributed by atoms with Gasteiger partial charge >= 0.3 is 0 Å². The number of H-pyrrole nitrogens is 1. The summed E-state index contributed by atoms with van der Waals surface area (Å²) in [5.74, 6) is 0. The Kier molecular flexibility index (Phi) is 2.08. The average Bonchev–Trinajstić information content (AvgIpc) is 2.85. The Hall–Kier alpha value is -1.28. The van der Waals surface area contributed by atoms with Crippen LogP contribution in [0, 0.1) is 6.92 Å². The van der Waals surface area contributed by atoms with Crippen LogP contribution in [0.25, 0.3) is 10.9 Å². The molecule has 3 rings (SSSR count). The molecule has 1 aromatic carbocycles. The summed E-state index contributed by atoms with van der Waals surface area (Å²) in [7, 11) is 0. The second kappa shape index (κ2) is 3.36. The number of hydrogen-bond acceptors (Lipinski definition) is 1. The second-order valence-corrected chi connectivity index (χ2v) is 5.25. The summed E-state index contributed by atoms with van der Waals surface area (Å²) in [6.45, 7) is 2.12. The molecule has 2 aromatic rings. The second-order valence-electron chi connectivity index (χ2n) is 5.25. The quantitative estimate of drug-likeness (QED) is 0.810. The number of aromatic nitrogens is 1. The molecule has 1 aliphatic carbocycles. The van der Waals surface area contributed by atoms with Crippen LogP contribution in [0.1, 0.15) is 30.5 Å². The first-order valence-electron chi connectivity index (χ1n) is 6.02. The maximum Gasteiger partial charge on any atom is 0.0458 e. The minimum atomic E-state index is 0.160. The number of aryl methyl sites for hydroxylation is 2. The van der Waals surface area contributed by atoms with E-state index >= 15 is 0 Å². The molecule has 0 aliphatic heterocycles. The van der Waals surface area contributed by atoms with E-state index in [2.05, 4.69) is 36.2 Å². The molecule has 1 aromatic heterocycles. The highest BCUT2D eigenvalue weighted by molar-refractivity contribution is 5.81. The van der Waals surface area contributed by atoms with E-state index in [0.29, 0.717) is 0 Å². The van der Waals surface area contributed by atoms with Crippen molar-refractivity contribution < 1.29 is 0 Å². The van der Waals surface area contributed by atoms with Gasteiger partial charge in [0.1, 0.15) is 0 Å². The summed E-state index contributed by atoms with van der Waals surface area (Å²) in [5, 5.41) is 1.31. The van der Waals surface area contributed by atoms with E-state index in [1.165, 1.54) is 35.0 Å². The molecule has 2 heteroatoms. The zero-order chi connectivity index (χ0) is 11.2. The topological polar surface area (TPSA) is 41.8 Å². The van der Waals surface area contributed by atoms with Crippen LogP contribution in [0.4, 0.5) is 0 Å². The monoisotopic (exact) mass is 214 g/mol. The van der Waals surface area contributed by atoms with Gasteiger partial charge < -0.3 is 10.7 Å². The Balaban J connectivity index is 1.82. The fourth-order valence-corrected chi connectivity index (χ4v) is 2.23. The third-order valence-corrected chi connectivity index (χ3v) is 3.62. The first-order chi connectivity index (χ1) is 7.65. The minimum Gasteiger partial charge on any atom is -0.358 e. The van der Waals surface area contributed by atoms with E-state index in [0.717, 1.165) is 12.8 Å². The zero-order valence-electron chi connectivity index (χ0n) is 9.72. The fourth-order valence-electron chi connectivity index (χ4n) is 2.23. The lowest BCUT2D eigenvalue weighted by Crippen LogP contribution is -2.22. The van der Waals surface area contributed by atoms with E-state index < -0.39 is 0 Å². The molecule has 3 N–H and O–H groups in total. The van der Waals surface area contributed by atoms with Gasteiger partial charge in [-0.1, -0.05) is 12.1 Å². The van der Waals surface area contributed by atoms with Crippen LogP contribution in [-0.4, -0.2) is 10.5 Å². The molecule has 2 nitrogen and oxygen atoms in total. The van der Waals surface area contributed by atoms with Gasteiger partial charge in [-0.25, -0.2) is 0 Å². The van der Waals surface area contributed by atoms with Crippen LogP contribution < -0.4 is 5.73 Å². The summed E-state index contributed by atoms with van der Waals surface area (Å²) in [5.41, 5.74) is 10.1. The Bertz CT molecular complexity index is 521. The molecule has 0 atom stereocenters. The Morgan fingerprint density at radius 2 is 2.12 bits per heavy atom. The largest absolute Gasteiger partial charge is 0.358 e. The molecule has 0 bridgehead atoms. The predicted octanol–water partition coefficient (Wildman–Crippen LogP) is 2.90. The molecule has 1 saturated carbocycles. The molecule has 0 radical (unpaired) electrons. The van der Waals surface area contributed by atoms with E-state index in [4.69, 9.17) is 5.73 Å². The lowest BCUT2D eigenvalue weighted by atomic mass is 10.1. The number of nitrogens with two attached hydrogens (primary N) is 1. The molecule has 0 saturated heterocycles. The number of rotatable bonds is 3. The summed E-state index contributed by atoms with van der Waals surface area (Å²) >= 11 is 0. The van der Waals surface area contributed by atoms with Gasteiger partial charge in [0.05, 0.1) is 0 Å². The van der Waals surface area contributed by atoms with Gasteiger partial charge in [0.25, 0.3) is 0 Å². The van der Waals surface area contributed by atoms with Gasteiger partial charge in [-0.2, -0.15) is 0 Å². The summed E-state index contributed by atoms with van der Waals surface area (Å²) in [6.07, 6.45) is 4.59. The van der Waals surface area contributed by atoms with Crippen molar-refractivity contribution >= 4 is 10.9 Å². The third-order valence-electron chi connectivity index (χ3n) is 3.62. The van der Waals surface area contributed by atoms with E-state index in [-0.39, 0.29) is 5.54 Å². The van der Waals surface area contributed by atoms with Crippen molar-refractivity contribution in [1.82, 2.24) is 4.98 Å². The summed E-state index contributed by atoms with van der Waals surface area (Å²) in [4.78, 5) is 3.48. The number of nitrogens with one attached hydrogen (secondary N) is 1. The lowest BCUT2D eigenvalue weighted by molar-refractivity contribution is 0.605. The van der Waals surface area contributed by atoms with E-state index in [1.807, 2.05) is 0 Å². The summed E-state index contributed by atoms with van der Waals surface area (Å²) in [6, 6.07) is 8.79. The number of benzene rings is 1. The van der Waals surface area contributed by atoms with Crippen LogP contribution in [0.5, 0.6) is 0 Å². The number of aromatic amines is 1. The maximum absolute atomic E-state index is 6.10. The van der Waals surface area contributed by atoms with Crippen molar-refractivity contribution in [2.75, 3.05) is 0 Å². The molecule has 0 amide bonds. The fraction of sp³-hybridized carbons (Fsp3) is 0.429. The highest BCUT2D eigenvalue weighted by Crippen LogP contribution is 2.36. The Morgan fingerprint density at radius 3 is 2.88 bits per heavy atom. The molecular weight excluding hydrogens is 196 g/mol. The zero-order valence-corrected chi connectivity index (χ0v) is 9.72. The minimum absolute atomic E-state index is 0.160. The summed E-state index contributed by atoms with van der Waals surface area (Å²) < 4.78 is 0. The van der Waals surface area contributed by atoms with Crippen molar-refractivity contribution in [2.45, 2.75) is 38.1 Å². The lowest BCUT2D eigenvalue weighted by Gasteiger charge is -2.05. The molecule has 1 fully saturated rings. The van der Waals surface area contributed by atoms with Crippen molar-refractivity contribution in [2.24, 2.45) is 5.73 Å². The molecule has 0 unspecified atom stereocenters. The Morgan fingerprint density at radius 1 is 1.31 bits per heavy atom. The molecule has 1 heterocycles. The van der Waals surface area contributed by atoms with Crippen LogP contribution in [0.3, 0.4) is 0 Å². The van der Waals surface area contributed by atoms with Crippen LogP contribution in [0.2, 0.25) is 0 Å². The molecular formula is C14H18N2. The van der Waals surface area contributed by atoms with E-state index in [9.17, 15) is 0 Å². The smallest absolute Gasteiger partial charge is 0.0458 e. The normalized spacial score (nSPS) is 17.9. The van der Waals surface area contributed by atoms with Gasteiger partial charge in [-0.05, 0) is 55.7 Å². The molecule has 16 heavy (non-hydrogen) atoms. The first-order valence-corrected chi connectivity index (χ1v) is 6.02. The van der Waals surface area contributed by atoms with Crippen molar-refractivity contribution in [3.05, 3.63) is 35.5 Å². The molecule has 84 valence electrons. The van der Waals surface area contributed by atoms with Gasteiger partial charge in [-0.3, -0.25) is 0 Å². The number of hydrogen-bond donors (Lipinski definition) is 2. The van der Waals surface area contributed by atoms with Gasteiger partial charge in [0.15, 0.2) is 0 Å². The SMILES string of the molecule is Cc1ccc2cc(CCC3(N)CC3)[nH]c2c1. The van der Waals surface area contributed by atoms with E-state index in [1.54, 1.807) is 0 Å². The maximum atomic E-state index is 6.10. The first kappa shape index (κ1) is 9.91. The highest BCUT2D eigenvalue weighted by Gasteiger charge is 2.37. The highest BCUT2D eigenvalue weighted by atomic mass is 14.8. The predicted molar refractivity (Wildman–Crippen MR) is 67.5 cm³/mol. The average molecular weight is 214 g/mol. The Labute approximate surface area is 95.8 Å². The van der Waals surface area contributed by atoms with Crippen molar-refractivity contribution in [3.8, 4) is 0 Å². The standard InChI is InChI=1S/C14H18N2/c1-10-2-3-11-9-12(16-13(11)8-10)4-5-14(15)6-7-14/h2-3,8-9,16H,4-7,15H2,1H3. The van der Waals surface area contributed by atoms with Crippen LogP contribution in [-0.2, 0) is 6.42 Å². The van der Waals surface area contributed by atoms with Crippen molar-refractivity contribution in [3.63, 3.8) is 0 Å².